The van der Waals surface area contributed by atoms with Gasteiger partial charge in [-0.2, -0.15) is 0 Å². The van der Waals surface area contributed by atoms with Crippen molar-refractivity contribution in [3.63, 3.8) is 0 Å². The quantitative estimate of drug-likeness (QED) is 0.759. The van der Waals surface area contributed by atoms with E-state index >= 15 is 0 Å². The van der Waals surface area contributed by atoms with Gasteiger partial charge in [0.25, 0.3) is 0 Å². The van der Waals surface area contributed by atoms with Crippen molar-refractivity contribution in [2.45, 2.75) is 45.3 Å². The Bertz CT molecular complexity index is 347. The molecular formula is C12H19NO4. The van der Waals surface area contributed by atoms with Crippen LogP contribution in [0.5, 0.6) is 0 Å². The van der Waals surface area contributed by atoms with Crippen molar-refractivity contribution in [1.29, 1.82) is 0 Å². The lowest BCUT2D eigenvalue weighted by Gasteiger charge is -2.31. The van der Waals surface area contributed by atoms with E-state index in [1.807, 2.05) is 20.8 Å². The van der Waals surface area contributed by atoms with Crippen molar-refractivity contribution in [2.24, 2.45) is 11.8 Å². The Labute approximate surface area is 101 Å². The van der Waals surface area contributed by atoms with Crippen LogP contribution in [0.3, 0.4) is 0 Å². The normalized spacial score (nSPS) is 31.7. The Kier molecular flexibility index (Phi) is 2.79. The van der Waals surface area contributed by atoms with Crippen LogP contribution < -0.4 is 0 Å². The molecule has 17 heavy (non-hydrogen) atoms. The summed E-state index contributed by atoms with van der Waals surface area (Å²) in [6, 6.07) is 0.0518. The van der Waals surface area contributed by atoms with E-state index in [9.17, 15) is 9.59 Å². The Morgan fingerprint density at radius 2 is 1.94 bits per heavy atom. The molecule has 1 saturated carbocycles. The van der Waals surface area contributed by atoms with E-state index in [4.69, 9.17) is 9.84 Å². The minimum absolute atomic E-state index is 0.0518. The van der Waals surface area contributed by atoms with Crippen molar-refractivity contribution in [1.82, 2.24) is 4.90 Å². The lowest BCUT2D eigenvalue weighted by atomic mass is 9.95. The molecule has 1 saturated heterocycles. The molecule has 2 bridgehead atoms. The first-order valence-corrected chi connectivity index (χ1v) is 6.00. The van der Waals surface area contributed by atoms with Crippen LogP contribution in [0.4, 0.5) is 4.79 Å². The number of nitrogens with zero attached hydrogens (tertiary/aromatic N) is 1. The summed E-state index contributed by atoms with van der Waals surface area (Å²) in [5, 5.41) is 9.01. The number of carboxylic acids is 1. The molecule has 0 aromatic rings. The van der Waals surface area contributed by atoms with Gasteiger partial charge in [0.05, 0.1) is 5.92 Å². The molecule has 1 aliphatic carbocycles. The largest absolute Gasteiger partial charge is 0.481 e. The summed E-state index contributed by atoms with van der Waals surface area (Å²) in [5.74, 6) is -0.912. The average Bonchev–Trinajstić information content (AvgIpc) is 2.72. The van der Waals surface area contributed by atoms with Gasteiger partial charge in [-0.1, -0.05) is 0 Å². The van der Waals surface area contributed by atoms with Gasteiger partial charge < -0.3 is 14.7 Å². The molecule has 0 radical (unpaired) electrons. The summed E-state index contributed by atoms with van der Waals surface area (Å²) in [6.45, 7) is 6.02. The molecule has 96 valence electrons. The van der Waals surface area contributed by atoms with Gasteiger partial charge in [-0.05, 0) is 39.5 Å². The first kappa shape index (κ1) is 12.2. The van der Waals surface area contributed by atoms with Crippen molar-refractivity contribution in [3.05, 3.63) is 0 Å². The van der Waals surface area contributed by atoms with Gasteiger partial charge in [-0.25, -0.2) is 4.79 Å². The summed E-state index contributed by atoms with van der Waals surface area (Å²) in [5.41, 5.74) is -0.495. The van der Waals surface area contributed by atoms with E-state index in [0.717, 1.165) is 6.42 Å². The third-order valence-corrected chi connectivity index (χ3v) is 3.49. The maximum atomic E-state index is 11.9. The number of amides is 1. The zero-order valence-electron chi connectivity index (χ0n) is 10.5. The molecule has 1 unspecified atom stereocenters. The summed E-state index contributed by atoms with van der Waals surface area (Å²) >= 11 is 0. The van der Waals surface area contributed by atoms with Gasteiger partial charge in [-0.15, -0.1) is 0 Å². The first-order chi connectivity index (χ1) is 7.78. The topological polar surface area (TPSA) is 66.8 Å². The summed E-state index contributed by atoms with van der Waals surface area (Å²) in [6.07, 6.45) is 1.06. The Morgan fingerprint density at radius 3 is 2.35 bits per heavy atom. The third kappa shape index (κ3) is 2.37. The molecule has 2 fully saturated rings. The molecular weight excluding hydrogens is 222 g/mol. The van der Waals surface area contributed by atoms with Gasteiger partial charge in [0.1, 0.15) is 5.60 Å². The number of carbonyl (C=O) groups excluding carboxylic acids is 1. The van der Waals surface area contributed by atoms with Crippen LogP contribution in [0.1, 0.15) is 33.6 Å². The first-order valence-electron chi connectivity index (χ1n) is 6.00. The molecule has 5 heteroatoms. The van der Waals surface area contributed by atoms with E-state index in [2.05, 4.69) is 0 Å². The number of carboxylic acid groups (broad SMARTS) is 1. The zero-order valence-corrected chi connectivity index (χ0v) is 10.5. The average molecular weight is 241 g/mol. The van der Waals surface area contributed by atoms with Crippen LogP contribution >= 0.6 is 0 Å². The molecule has 3 atom stereocenters. The highest BCUT2D eigenvalue weighted by Crippen LogP contribution is 2.42. The fourth-order valence-corrected chi connectivity index (χ4v) is 2.80. The number of ether oxygens (including phenoxy) is 1. The molecule has 1 aliphatic heterocycles. The van der Waals surface area contributed by atoms with E-state index in [-0.39, 0.29) is 24.0 Å². The minimum Gasteiger partial charge on any atom is -0.481 e. The molecule has 1 heterocycles. The highest BCUT2D eigenvalue weighted by molar-refractivity contribution is 5.73. The van der Waals surface area contributed by atoms with E-state index < -0.39 is 11.6 Å². The van der Waals surface area contributed by atoms with Gasteiger partial charge in [0.2, 0.25) is 0 Å². The van der Waals surface area contributed by atoms with Crippen molar-refractivity contribution in [3.8, 4) is 0 Å². The van der Waals surface area contributed by atoms with Gasteiger partial charge in [-0.3, -0.25) is 4.79 Å². The predicted octanol–water partition coefficient (Wildman–Crippen LogP) is 1.72. The monoisotopic (exact) mass is 241 g/mol. The molecule has 5 nitrogen and oxygen atoms in total. The Balaban J connectivity index is 1.96. The molecule has 1 amide bonds. The van der Waals surface area contributed by atoms with Crippen LogP contribution in [0, 0.1) is 11.8 Å². The molecule has 0 aromatic carbocycles. The predicted molar refractivity (Wildman–Crippen MR) is 60.6 cm³/mol. The van der Waals surface area contributed by atoms with Crippen molar-refractivity contribution in [2.75, 3.05) is 6.54 Å². The smallest absolute Gasteiger partial charge is 0.410 e. The molecule has 1 N–H and O–H groups in total. The van der Waals surface area contributed by atoms with E-state index in [1.54, 1.807) is 4.90 Å². The van der Waals surface area contributed by atoms with Crippen molar-refractivity contribution < 1.29 is 19.4 Å². The highest BCUT2D eigenvalue weighted by atomic mass is 16.6. The summed E-state index contributed by atoms with van der Waals surface area (Å²) in [4.78, 5) is 24.5. The number of carbonyl (C=O) groups is 2. The molecule has 0 aromatic heterocycles. The van der Waals surface area contributed by atoms with Crippen LogP contribution in [-0.4, -0.2) is 40.3 Å². The SMILES string of the molecule is CC(C)(C)OC(=O)N1C[C@@H]2C[C@H]1CC2C(=O)O. The number of rotatable bonds is 1. The zero-order chi connectivity index (χ0) is 12.8. The van der Waals surface area contributed by atoms with Crippen LogP contribution in [-0.2, 0) is 9.53 Å². The maximum absolute atomic E-state index is 11.9. The Hall–Kier alpha value is -1.26. The lowest BCUT2D eigenvalue weighted by molar-refractivity contribution is -0.143. The maximum Gasteiger partial charge on any atom is 0.410 e. The number of hydrogen-bond acceptors (Lipinski definition) is 3. The summed E-state index contributed by atoms with van der Waals surface area (Å²) in [7, 11) is 0. The molecule has 0 spiro atoms. The Morgan fingerprint density at radius 1 is 1.29 bits per heavy atom. The minimum atomic E-state index is -0.735. The fourth-order valence-electron chi connectivity index (χ4n) is 2.80. The molecule has 2 rings (SSSR count). The second-order valence-corrected chi connectivity index (χ2v) is 5.96. The fraction of sp³-hybridized carbons (Fsp3) is 0.833. The lowest BCUT2D eigenvalue weighted by Crippen LogP contribution is -2.44. The second-order valence-electron chi connectivity index (χ2n) is 5.96. The molecule has 2 aliphatic rings. The van der Waals surface area contributed by atoms with Gasteiger partial charge >= 0.3 is 12.1 Å². The summed E-state index contributed by atoms with van der Waals surface area (Å²) < 4.78 is 5.31. The van der Waals surface area contributed by atoms with Crippen LogP contribution in [0.15, 0.2) is 0 Å². The standard InChI is InChI=1S/C12H19NO4/c1-12(2,3)17-11(16)13-6-7-4-8(13)5-9(7)10(14)15/h7-9H,4-6H2,1-3H3,(H,14,15)/t7-,8-,9?/m0/s1. The number of aliphatic carboxylic acids is 1. The highest BCUT2D eigenvalue weighted by Gasteiger charge is 2.50. The van der Waals surface area contributed by atoms with E-state index in [0.29, 0.717) is 13.0 Å². The van der Waals surface area contributed by atoms with Crippen LogP contribution in [0.25, 0.3) is 0 Å². The van der Waals surface area contributed by atoms with Gasteiger partial charge in [0.15, 0.2) is 0 Å². The number of likely N-dealkylation sites (tertiary alicyclic amines) is 1. The number of fused-ring (bicyclic) bond motifs is 2. The van der Waals surface area contributed by atoms with Crippen molar-refractivity contribution >= 4 is 12.1 Å². The van der Waals surface area contributed by atoms with E-state index in [1.165, 1.54) is 0 Å². The second kappa shape index (κ2) is 3.89. The number of piperidine rings is 1. The van der Waals surface area contributed by atoms with Gasteiger partial charge in [0, 0.05) is 12.6 Å². The number of hydrogen-bond donors (Lipinski definition) is 1. The third-order valence-electron chi connectivity index (χ3n) is 3.49. The van der Waals surface area contributed by atoms with Crippen LogP contribution in [0.2, 0.25) is 0 Å².